The van der Waals surface area contributed by atoms with E-state index in [1.165, 1.54) is 10.5 Å². The third kappa shape index (κ3) is 4.92. The number of rotatable bonds is 5. The van der Waals surface area contributed by atoms with Gasteiger partial charge in [-0.2, -0.15) is 0 Å². The average molecular weight is 407 g/mol. The van der Waals surface area contributed by atoms with E-state index >= 15 is 0 Å². The van der Waals surface area contributed by atoms with Gasteiger partial charge in [-0.3, -0.25) is 18.8 Å². The molecule has 7 nitrogen and oxygen atoms in total. The fourth-order valence-electron chi connectivity index (χ4n) is 2.96. The predicted molar refractivity (Wildman–Crippen MR) is 113 cm³/mol. The van der Waals surface area contributed by atoms with Crippen LogP contribution in [0, 0.1) is 6.92 Å². The molecule has 0 bridgehead atoms. The fourth-order valence-corrected chi connectivity index (χ4v) is 2.96. The van der Waals surface area contributed by atoms with Gasteiger partial charge in [-0.25, -0.2) is 4.98 Å². The molecule has 0 saturated heterocycles. The van der Waals surface area contributed by atoms with E-state index in [2.05, 4.69) is 31.1 Å². The Hall–Kier alpha value is -3.48. The average Bonchev–Trinajstić information content (AvgIpc) is 2.70. The molecule has 2 aromatic heterocycles. The van der Waals surface area contributed by atoms with Crippen LogP contribution in [0.1, 0.15) is 48.0 Å². The van der Waals surface area contributed by atoms with Crippen molar-refractivity contribution in [2.24, 2.45) is 0 Å². The number of fused-ring (bicyclic) bond motifs is 1. The first kappa shape index (κ1) is 21.2. The number of nitrogens with one attached hydrogen (secondary N) is 1. The fraction of sp³-hybridized carbons (Fsp3) is 0.304. The lowest BCUT2D eigenvalue weighted by Crippen LogP contribution is -2.30. The Morgan fingerprint density at radius 3 is 2.50 bits per heavy atom. The van der Waals surface area contributed by atoms with Gasteiger partial charge in [0.1, 0.15) is 18.8 Å². The number of benzene rings is 1. The van der Waals surface area contributed by atoms with Crippen LogP contribution in [0.15, 0.2) is 53.5 Å². The molecule has 3 rings (SSSR count). The summed E-state index contributed by atoms with van der Waals surface area (Å²) in [6, 6.07) is 12.2. The Labute approximate surface area is 174 Å². The molecule has 0 saturated carbocycles. The summed E-state index contributed by atoms with van der Waals surface area (Å²) in [7, 11) is 0. The van der Waals surface area contributed by atoms with Gasteiger partial charge < -0.3 is 10.1 Å². The van der Waals surface area contributed by atoms with Crippen molar-refractivity contribution in [2.45, 2.75) is 39.7 Å². The molecule has 1 aromatic carbocycles. The van der Waals surface area contributed by atoms with E-state index in [-0.39, 0.29) is 30.0 Å². The standard InChI is InChI=1S/C23H25N3O4/c1-15-6-5-11-26-19(27)12-18(25-21(15)26)14-30-20(28)13-24-22(29)16-7-9-17(10-8-16)23(2,3)4/h5-12H,13-14H2,1-4H3,(H,24,29). The molecule has 0 aliphatic heterocycles. The molecule has 0 spiro atoms. The van der Waals surface area contributed by atoms with Gasteiger partial charge in [-0.1, -0.05) is 39.0 Å². The zero-order chi connectivity index (χ0) is 21.9. The monoisotopic (exact) mass is 407 g/mol. The first-order valence-electron chi connectivity index (χ1n) is 9.67. The van der Waals surface area contributed by atoms with Crippen molar-refractivity contribution in [3.05, 3.63) is 81.4 Å². The molecule has 2 heterocycles. The highest BCUT2D eigenvalue weighted by atomic mass is 16.5. The van der Waals surface area contributed by atoms with Crippen molar-refractivity contribution in [2.75, 3.05) is 6.54 Å². The molecule has 30 heavy (non-hydrogen) atoms. The number of carbonyl (C=O) groups excluding carboxylic acids is 2. The number of pyridine rings is 1. The smallest absolute Gasteiger partial charge is 0.325 e. The van der Waals surface area contributed by atoms with Crippen molar-refractivity contribution in [3.63, 3.8) is 0 Å². The van der Waals surface area contributed by atoms with Crippen LogP contribution >= 0.6 is 0 Å². The summed E-state index contributed by atoms with van der Waals surface area (Å²) in [5.41, 5.74) is 3.04. The molecule has 1 amide bonds. The topological polar surface area (TPSA) is 89.8 Å². The maximum Gasteiger partial charge on any atom is 0.325 e. The van der Waals surface area contributed by atoms with Crippen molar-refractivity contribution >= 4 is 17.5 Å². The van der Waals surface area contributed by atoms with Gasteiger partial charge in [0.15, 0.2) is 0 Å². The third-order valence-electron chi connectivity index (χ3n) is 4.73. The summed E-state index contributed by atoms with van der Waals surface area (Å²) in [4.78, 5) is 40.8. The maximum absolute atomic E-state index is 12.2. The van der Waals surface area contributed by atoms with Crippen LogP contribution in [-0.2, 0) is 21.6 Å². The number of carbonyl (C=O) groups is 2. The molecule has 3 aromatic rings. The van der Waals surface area contributed by atoms with Crippen LogP contribution in [0.25, 0.3) is 5.65 Å². The van der Waals surface area contributed by atoms with Gasteiger partial charge in [0.2, 0.25) is 0 Å². The largest absolute Gasteiger partial charge is 0.458 e. The predicted octanol–water partition coefficient (Wildman–Crippen LogP) is 2.77. The maximum atomic E-state index is 12.2. The molecule has 0 unspecified atom stereocenters. The van der Waals surface area contributed by atoms with Crippen LogP contribution in [-0.4, -0.2) is 27.8 Å². The molecule has 0 fully saturated rings. The van der Waals surface area contributed by atoms with E-state index in [0.29, 0.717) is 16.9 Å². The number of nitrogens with zero attached hydrogens (tertiary/aromatic N) is 2. The van der Waals surface area contributed by atoms with Gasteiger partial charge in [-0.15, -0.1) is 0 Å². The number of aryl methyl sites for hydroxylation is 1. The SMILES string of the molecule is Cc1cccn2c(=O)cc(COC(=O)CNC(=O)c3ccc(C(C)(C)C)cc3)nc12. The molecule has 0 aliphatic rings. The highest BCUT2D eigenvalue weighted by Gasteiger charge is 2.15. The second kappa shape index (κ2) is 8.49. The third-order valence-corrected chi connectivity index (χ3v) is 4.73. The minimum absolute atomic E-state index is 0.00336. The summed E-state index contributed by atoms with van der Waals surface area (Å²) < 4.78 is 6.59. The zero-order valence-electron chi connectivity index (χ0n) is 17.6. The van der Waals surface area contributed by atoms with Gasteiger partial charge in [0.05, 0.1) is 5.69 Å². The molecular formula is C23H25N3O4. The summed E-state index contributed by atoms with van der Waals surface area (Å²) in [6.45, 7) is 7.72. The normalized spacial score (nSPS) is 11.3. The van der Waals surface area contributed by atoms with E-state index < -0.39 is 5.97 Å². The van der Waals surface area contributed by atoms with E-state index in [1.807, 2.05) is 25.1 Å². The second-order valence-corrected chi connectivity index (χ2v) is 8.14. The molecule has 156 valence electrons. The number of aromatic nitrogens is 2. The molecule has 0 radical (unpaired) electrons. The number of ether oxygens (including phenoxy) is 1. The van der Waals surface area contributed by atoms with Gasteiger partial charge in [-0.05, 0) is 41.7 Å². The van der Waals surface area contributed by atoms with E-state index in [9.17, 15) is 14.4 Å². The summed E-state index contributed by atoms with van der Waals surface area (Å²) in [6.07, 6.45) is 1.64. The van der Waals surface area contributed by atoms with Crippen LogP contribution in [0.3, 0.4) is 0 Å². The second-order valence-electron chi connectivity index (χ2n) is 8.14. The molecular weight excluding hydrogens is 382 g/mol. The van der Waals surface area contributed by atoms with Crippen LogP contribution < -0.4 is 10.9 Å². The quantitative estimate of drug-likeness (QED) is 0.657. The van der Waals surface area contributed by atoms with Crippen molar-refractivity contribution in [1.29, 1.82) is 0 Å². The first-order valence-corrected chi connectivity index (χ1v) is 9.67. The number of hydrogen-bond donors (Lipinski definition) is 1. The highest BCUT2D eigenvalue weighted by Crippen LogP contribution is 2.22. The van der Waals surface area contributed by atoms with Crippen molar-refractivity contribution in [1.82, 2.24) is 14.7 Å². The lowest BCUT2D eigenvalue weighted by atomic mass is 9.87. The van der Waals surface area contributed by atoms with Gasteiger partial charge >= 0.3 is 5.97 Å². The molecule has 0 aliphatic carbocycles. The lowest BCUT2D eigenvalue weighted by Gasteiger charge is -2.19. The minimum atomic E-state index is -0.610. The van der Waals surface area contributed by atoms with Gasteiger partial charge in [0.25, 0.3) is 11.5 Å². The van der Waals surface area contributed by atoms with Crippen molar-refractivity contribution in [3.8, 4) is 0 Å². The summed E-state index contributed by atoms with van der Waals surface area (Å²) >= 11 is 0. The number of hydrogen-bond acceptors (Lipinski definition) is 5. The van der Waals surface area contributed by atoms with Crippen LogP contribution in [0.2, 0.25) is 0 Å². The molecule has 7 heteroatoms. The highest BCUT2D eigenvalue weighted by molar-refractivity contribution is 5.95. The Balaban J connectivity index is 1.56. The number of amides is 1. The summed E-state index contributed by atoms with van der Waals surface area (Å²) in [5.74, 6) is -0.966. The Morgan fingerprint density at radius 2 is 1.83 bits per heavy atom. The van der Waals surface area contributed by atoms with E-state index in [1.54, 1.807) is 24.4 Å². The van der Waals surface area contributed by atoms with Crippen molar-refractivity contribution < 1.29 is 14.3 Å². The van der Waals surface area contributed by atoms with Gasteiger partial charge in [0, 0.05) is 17.8 Å². The van der Waals surface area contributed by atoms with Crippen LogP contribution in [0.4, 0.5) is 0 Å². The van der Waals surface area contributed by atoms with E-state index in [0.717, 1.165) is 11.1 Å². The summed E-state index contributed by atoms with van der Waals surface area (Å²) in [5, 5.41) is 2.54. The zero-order valence-corrected chi connectivity index (χ0v) is 17.6. The number of esters is 1. The molecule has 1 N–H and O–H groups in total. The van der Waals surface area contributed by atoms with E-state index in [4.69, 9.17) is 4.74 Å². The Kier molecular flexibility index (Phi) is 6.01. The minimum Gasteiger partial charge on any atom is -0.458 e. The molecule has 0 atom stereocenters. The Bertz CT molecular complexity index is 1140. The lowest BCUT2D eigenvalue weighted by molar-refractivity contribution is -0.143. The Morgan fingerprint density at radius 1 is 1.13 bits per heavy atom. The first-order chi connectivity index (χ1) is 14.1. The van der Waals surface area contributed by atoms with Crippen LogP contribution in [0.5, 0.6) is 0 Å².